The van der Waals surface area contributed by atoms with E-state index in [0.717, 1.165) is 11.1 Å². The van der Waals surface area contributed by atoms with Crippen LogP contribution in [0.4, 0.5) is 0 Å². The predicted octanol–water partition coefficient (Wildman–Crippen LogP) is 2.74. The summed E-state index contributed by atoms with van der Waals surface area (Å²) in [6.45, 7) is 1.34. The fourth-order valence-corrected chi connectivity index (χ4v) is 3.38. The molecule has 0 bridgehead atoms. The Morgan fingerprint density at radius 3 is 2.40 bits per heavy atom. The molecule has 2 heterocycles. The molecule has 1 aromatic carbocycles. The van der Waals surface area contributed by atoms with Gasteiger partial charge in [0.25, 0.3) is 5.91 Å². The van der Waals surface area contributed by atoms with E-state index in [0.29, 0.717) is 42.3 Å². The topological polar surface area (TPSA) is 90.2 Å². The molecule has 1 N–H and O–H groups in total. The Balaban J connectivity index is 1.61. The van der Waals surface area contributed by atoms with Crippen LogP contribution >= 0.6 is 0 Å². The standard InChI is InChI=1S/C22H26N2O6/c1-27-17-12-18(28-2)21(19(13-17)29-3)15-5-9-24(10-6-15)20(25)4-8-23-22(26)16-7-11-30-14-16/h5,7,11-14H,4,6,8-10H2,1-3H3,(H,23,26). The van der Waals surface area contributed by atoms with Gasteiger partial charge in [-0.15, -0.1) is 0 Å². The lowest BCUT2D eigenvalue weighted by Gasteiger charge is -2.28. The van der Waals surface area contributed by atoms with Crippen LogP contribution in [-0.4, -0.2) is 57.7 Å². The smallest absolute Gasteiger partial charge is 0.254 e. The Morgan fingerprint density at radius 2 is 1.87 bits per heavy atom. The summed E-state index contributed by atoms with van der Waals surface area (Å²) < 4.78 is 21.3. The molecule has 8 nitrogen and oxygen atoms in total. The van der Waals surface area contributed by atoms with Crippen LogP contribution in [0.5, 0.6) is 17.2 Å². The van der Waals surface area contributed by atoms with Crippen LogP contribution in [0.2, 0.25) is 0 Å². The van der Waals surface area contributed by atoms with Crippen molar-refractivity contribution in [2.75, 3.05) is 41.0 Å². The van der Waals surface area contributed by atoms with Crippen LogP contribution in [0.25, 0.3) is 5.57 Å². The number of carbonyl (C=O) groups is 2. The highest BCUT2D eigenvalue weighted by Gasteiger charge is 2.23. The first kappa shape index (κ1) is 21.3. The van der Waals surface area contributed by atoms with Crippen LogP contribution in [-0.2, 0) is 4.79 Å². The van der Waals surface area contributed by atoms with Crippen LogP contribution < -0.4 is 19.5 Å². The quantitative estimate of drug-likeness (QED) is 0.714. The minimum Gasteiger partial charge on any atom is -0.496 e. The molecule has 0 fully saturated rings. The summed E-state index contributed by atoms with van der Waals surface area (Å²) in [5.74, 6) is 1.72. The Labute approximate surface area is 175 Å². The molecule has 8 heteroatoms. The number of furan rings is 1. The fraction of sp³-hybridized carbons (Fsp3) is 0.364. The van der Waals surface area contributed by atoms with Crippen molar-refractivity contribution in [2.45, 2.75) is 12.8 Å². The van der Waals surface area contributed by atoms with Crippen molar-refractivity contribution in [3.05, 3.63) is 47.9 Å². The van der Waals surface area contributed by atoms with Gasteiger partial charge < -0.3 is 28.8 Å². The van der Waals surface area contributed by atoms with Crippen LogP contribution in [0.15, 0.2) is 41.2 Å². The third-order valence-electron chi connectivity index (χ3n) is 5.01. The van der Waals surface area contributed by atoms with Gasteiger partial charge in [-0.2, -0.15) is 0 Å². The molecule has 3 rings (SSSR count). The third kappa shape index (κ3) is 4.76. The molecule has 0 spiro atoms. The highest BCUT2D eigenvalue weighted by Crippen LogP contribution is 2.40. The first-order valence-corrected chi connectivity index (χ1v) is 9.65. The highest BCUT2D eigenvalue weighted by molar-refractivity contribution is 5.94. The van der Waals surface area contributed by atoms with Crippen molar-refractivity contribution >= 4 is 17.4 Å². The predicted molar refractivity (Wildman–Crippen MR) is 111 cm³/mol. The van der Waals surface area contributed by atoms with E-state index in [1.165, 1.54) is 12.5 Å². The number of methoxy groups -OCH3 is 3. The summed E-state index contributed by atoms with van der Waals surface area (Å²) in [4.78, 5) is 26.2. The molecule has 0 atom stereocenters. The molecular weight excluding hydrogens is 388 g/mol. The van der Waals surface area contributed by atoms with Gasteiger partial charge in [-0.05, 0) is 18.1 Å². The van der Waals surface area contributed by atoms with Gasteiger partial charge in [0, 0.05) is 38.2 Å². The zero-order valence-corrected chi connectivity index (χ0v) is 17.4. The number of rotatable bonds is 8. The van der Waals surface area contributed by atoms with E-state index in [4.69, 9.17) is 18.6 Å². The lowest BCUT2D eigenvalue weighted by Crippen LogP contribution is -2.37. The van der Waals surface area contributed by atoms with Crippen LogP contribution in [0.1, 0.15) is 28.8 Å². The molecule has 0 saturated carbocycles. The summed E-state index contributed by atoms with van der Waals surface area (Å²) in [5, 5.41) is 2.72. The van der Waals surface area contributed by atoms with Gasteiger partial charge in [0.15, 0.2) is 0 Å². The maximum absolute atomic E-state index is 12.5. The Morgan fingerprint density at radius 1 is 1.13 bits per heavy atom. The number of benzene rings is 1. The first-order chi connectivity index (χ1) is 14.6. The van der Waals surface area contributed by atoms with Gasteiger partial charge >= 0.3 is 0 Å². The summed E-state index contributed by atoms with van der Waals surface area (Å²) in [7, 11) is 4.80. The zero-order chi connectivity index (χ0) is 21.5. The molecule has 30 heavy (non-hydrogen) atoms. The fourth-order valence-electron chi connectivity index (χ4n) is 3.38. The molecule has 0 radical (unpaired) electrons. The molecular formula is C22H26N2O6. The molecule has 2 amide bonds. The van der Waals surface area contributed by atoms with Crippen molar-refractivity contribution in [3.63, 3.8) is 0 Å². The number of ether oxygens (including phenoxy) is 3. The highest BCUT2D eigenvalue weighted by atomic mass is 16.5. The van der Waals surface area contributed by atoms with Crippen molar-refractivity contribution in [1.82, 2.24) is 10.2 Å². The van der Waals surface area contributed by atoms with Gasteiger partial charge in [-0.3, -0.25) is 9.59 Å². The van der Waals surface area contributed by atoms with Crippen molar-refractivity contribution < 1.29 is 28.2 Å². The van der Waals surface area contributed by atoms with Crippen LogP contribution in [0.3, 0.4) is 0 Å². The second-order valence-electron chi connectivity index (χ2n) is 6.74. The van der Waals surface area contributed by atoms with E-state index in [-0.39, 0.29) is 24.8 Å². The SMILES string of the molecule is COc1cc(OC)c(C2=CCN(C(=O)CCNC(=O)c3ccoc3)CC2)c(OC)c1. The summed E-state index contributed by atoms with van der Waals surface area (Å²) in [5.41, 5.74) is 2.37. The van der Waals surface area contributed by atoms with Crippen molar-refractivity contribution in [3.8, 4) is 17.2 Å². The van der Waals surface area contributed by atoms with Gasteiger partial charge in [0.2, 0.25) is 5.91 Å². The van der Waals surface area contributed by atoms with Gasteiger partial charge in [-0.25, -0.2) is 0 Å². The molecule has 160 valence electrons. The Hall–Kier alpha value is -3.42. The number of carbonyl (C=O) groups excluding carboxylic acids is 2. The molecule has 0 unspecified atom stereocenters. The number of amides is 2. The normalized spacial score (nSPS) is 13.4. The average Bonchev–Trinajstić information content (AvgIpc) is 3.33. The minimum atomic E-state index is -0.254. The Bertz CT molecular complexity index is 895. The van der Waals surface area contributed by atoms with E-state index in [9.17, 15) is 9.59 Å². The molecule has 0 aliphatic carbocycles. The van der Waals surface area contributed by atoms with E-state index in [2.05, 4.69) is 5.32 Å². The van der Waals surface area contributed by atoms with Gasteiger partial charge in [-0.1, -0.05) is 6.08 Å². The first-order valence-electron chi connectivity index (χ1n) is 9.65. The summed E-state index contributed by atoms with van der Waals surface area (Å²) >= 11 is 0. The lowest BCUT2D eigenvalue weighted by molar-refractivity contribution is -0.130. The second kappa shape index (κ2) is 9.87. The maximum Gasteiger partial charge on any atom is 0.254 e. The summed E-state index contributed by atoms with van der Waals surface area (Å²) in [6.07, 6.45) is 5.73. The van der Waals surface area contributed by atoms with E-state index in [1.54, 1.807) is 32.3 Å². The summed E-state index contributed by atoms with van der Waals surface area (Å²) in [6, 6.07) is 5.22. The third-order valence-corrected chi connectivity index (χ3v) is 5.01. The largest absolute Gasteiger partial charge is 0.496 e. The van der Waals surface area contributed by atoms with E-state index >= 15 is 0 Å². The van der Waals surface area contributed by atoms with Gasteiger partial charge in [0.1, 0.15) is 23.5 Å². The zero-order valence-electron chi connectivity index (χ0n) is 17.4. The molecule has 1 aromatic heterocycles. The van der Waals surface area contributed by atoms with Crippen LogP contribution in [0, 0.1) is 0 Å². The van der Waals surface area contributed by atoms with E-state index in [1.807, 2.05) is 18.2 Å². The molecule has 0 saturated heterocycles. The van der Waals surface area contributed by atoms with E-state index < -0.39 is 0 Å². The number of hydrogen-bond acceptors (Lipinski definition) is 6. The molecule has 1 aliphatic heterocycles. The second-order valence-corrected chi connectivity index (χ2v) is 6.74. The van der Waals surface area contributed by atoms with Gasteiger partial charge in [0.05, 0.1) is 38.7 Å². The average molecular weight is 414 g/mol. The maximum atomic E-state index is 12.5. The van der Waals surface area contributed by atoms with Crippen molar-refractivity contribution in [2.24, 2.45) is 0 Å². The molecule has 2 aromatic rings. The molecule has 1 aliphatic rings. The van der Waals surface area contributed by atoms with Crippen molar-refractivity contribution in [1.29, 1.82) is 0 Å². The Kier molecular flexibility index (Phi) is 7.00. The number of hydrogen-bond donors (Lipinski definition) is 1. The minimum absolute atomic E-state index is 0.00791. The monoisotopic (exact) mass is 414 g/mol. The number of nitrogens with zero attached hydrogens (tertiary/aromatic N) is 1. The lowest BCUT2D eigenvalue weighted by atomic mass is 9.97. The number of nitrogens with one attached hydrogen (secondary N) is 1.